The Bertz CT molecular complexity index is 4030. The molecule has 2 amide bonds. The van der Waals surface area contributed by atoms with E-state index in [1.54, 1.807) is 81.2 Å². The van der Waals surface area contributed by atoms with Gasteiger partial charge in [-0.05, 0) is 146 Å². The third-order valence-electron chi connectivity index (χ3n) is 17.2. The number of carbonyl (C=O) groups excluding carboxylic acids is 2. The lowest BCUT2D eigenvalue weighted by Gasteiger charge is -2.33. The summed E-state index contributed by atoms with van der Waals surface area (Å²) in [6, 6.07) is 25.8. The number of nitrogens with zero attached hydrogens (tertiary/aromatic N) is 7. The van der Waals surface area contributed by atoms with Gasteiger partial charge in [0.1, 0.15) is 17.2 Å². The van der Waals surface area contributed by atoms with Gasteiger partial charge in [-0.2, -0.15) is 29.5 Å². The highest BCUT2D eigenvalue weighted by Gasteiger charge is 2.36. The minimum absolute atomic E-state index is 0. The number of nitrogens with one attached hydrogen (secondary N) is 4. The summed E-state index contributed by atoms with van der Waals surface area (Å²) in [5.74, 6) is 1.18. The van der Waals surface area contributed by atoms with E-state index in [9.17, 15) is 40.2 Å². The van der Waals surface area contributed by atoms with E-state index in [2.05, 4.69) is 38.0 Å². The lowest BCUT2D eigenvalue weighted by molar-refractivity contribution is -0.617. The molecule has 5 saturated carbocycles. The molecule has 14 rings (SSSR count). The number of aromatic nitrogens is 9. The van der Waals surface area contributed by atoms with Crippen LogP contribution in [0.5, 0.6) is 17.2 Å². The molecule has 3 aromatic carbocycles. The number of pyridine rings is 3. The van der Waals surface area contributed by atoms with E-state index in [1.165, 1.54) is 38.2 Å². The van der Waals surface area contributed by atoms with Crippen molar-refractivity contribution in [1.29, 1.82) is 0 Å². The van der Waals surface area contributed by atoms with Crippen molar-refractivity contribution < 1.29 is 58.1 Å². The number of methoxy groups -OCH3 is 3. The number of anilines is 3. The summed E-state index contributed by atoms with van der Waals surface area (Å²) in [5.41, 5.74) is 10.7. The summed E-state index contributed by atoms with van der Waals surface area (Å²) in [6.45, 7) is 6.09. The van der Waals surface area contributed by atoms with Crippen LogP contribution in [0.3, 0.4) is 0 Å². The van der Waals surface area contributed by atoms with Crippen LogP contribution in [0.4, 0.5) is 17.1 Å². The van der Waals surface area contributed by atoms with Crippen LogP contribution in [0.15, 0.2) is 110 Å². The highest BCUT2D eigenvalue weighted by Crippen LogP contribution is 2.41. The molecule has 490 valence electrons. The number of aromatic carboxylic acids is 1. The molecule has 5 aliphatic carbocycles. The van der Waals surface area contributed by atoms with Gasteiger partial charge in [0.15, 0.2) is 17.1 Å². The molecule has 0 atom stereocenters. The van der Waals surface area contributed by atoms with Gasteiger partial charge in [-0.3, -0.25) is 24.5 Å². The molecular formula is C68H86N12O12. The number of amides is 2. The Kier molecular flexibility index (Phi) is 21.7. The second-order valence-corrected chi connectivity index (χ2v) is 24.6. The van der Waals surface area contributed by atoms with E-state index in [0.717, 1.165) is 125 Å². The predicted octanol–water partition coefficient (Wildman–Crippen LogP) is 11.3. The number of H-pyrrole nitrogens is 2. The van der Waals surface area contributed by atoms with E-state index in [4.69, 9.17) is 30.1 Å². The van der Waals surface area contributed by atoms with Crippen molar-refractivity contribution in [3.05, 3.63) is 159 Å². The van der Waals surface area contributed by atoms with Gasteiger partial charge >= 0.3 is 23.5 Å². The number of aromatic amines is 2. The van der Waals surface area contributed by atoms with E-state index >= 15 is 0 Å². The average molecular weight is 1260 g/mol. The number of carboxylic acid groups (broad SMARTS) is 1. The third kappa shape index (κ3) is 16.5. The minimum Gasteiger partial charge on any atom is -0.618 e. The van der Waals surface area contributed by atoms with E-state index in [0.29, 0.717) is 56.1 Å². The maximum atomic E-state index is 12.9. The number of hydrogen-bond donors (Lipinski definition) is 8. The first-order chi connectivity index (χ1) is 43.1. The van der Waals surface area contributed by atoms with Gasteiger partial charge in [0.05, 0.1) is 84.6 Å². The number of carboxylic acids is 1. The SMILES string of the molecule is C.C.CC1CCC(C)(O)CC1.COc1cc2[nH]ncc2cc1N.COc1cc2[nH]ncc2cc1NC(=O)c1cccc(C2CC2)[n+]1[O-].COc1cc2nn(C3CCC(C)(O)CC3)cc2cc1NC(=O)c1cccc(C2CC2)[n+]1[O-].O=C(O)c1cccc(C2CC2)[n+]1[O-]. The highest BCUT2D eigenvalue weighted by atomic mass is 16.5. The first kappa shape index (κ1) is 68.4. The maximum absolute atomic E-state index is 12.9. The Hall–Kier alpha value is -9.55. The van der Waals surface area contributed by atoms with Gasteiger partial charge in [-0.15, -0.1) is 0 Å². The molecule has 6 aromatic heterocycles. The van der Waals surface area contributed by atoms with Gasteiger partial charge in [0.2, 0.25) is 0 Å². The Morgan fingerprint density at radius 1 is 0.587 bits per heavy atom. The zero-order chi connectivity index (χ0) is 64.0. The molecule has 0 saturated heterocycles. The first-order valence-corrected chi connectivity index (χ1v) is 30.5. The van der Waals surface area contributed by atoms with Crippen molar-refractivity contribution in [2.24, 2.45) is 5.92 Å². The average Bonchev–Trinajstić information content (AvgIpc) is 1.68. The van der Waals surface area contributed by atoms with Crippen molar-refractivity contribution in [1.82, 2.24) is 30.2 Å². The van der Waals surface area contributed by atoms with Gasteiger partial charge in [0.25, 0.3) is 11.4 Å². The first-order valence-electron chi connectivity index (χ1n) is 30.5. The molecule has 6 heterocycles. The molecule has 0 radical (unpaired) electrons. The zero-order valence-electron chi connectivity index (χ0n) is 51.4. The van der Waals surface area contributed by atoms with Crippen LogP contribution < -0.4 is 44.8 Å². The van der Waals surface area contributed by atoms with Crippen LogP contribution in [0, 0.1) is 21.5 Å². The number of ether oxygens (including phenoxy) is 3. The summed E-state index contributed by atoms with van der Waals surface area (Å²) in [4.78, 5) is 36.1. The second-order valence-electron chi connectivity index (χ2n) is 24.6. The number of nitrogen functional groups attached to an aromatic ring is 1. The standard InChI is InChI=1S/C24H28N4O4.C17H16N4O3.C9H9NO3.C8H9N3O.C8H16O.2CH4/c1-24(30)10-8-17(9-11-24)27-14-16-12-19(22(32-2)13-18(16)26-27)25-23(29)21-5-3-4-20(28(21)31)15-6-7-15;1-24-16-8-12-11(9-18-20-12)7-13(16)19-17(22)15-4-2-3-14(21(15)23)10-5-6-10;11-9(12)8-3-1-2-7(10(8)13)6-4-5-6;1-12-8-3-7-5(2-6(8)9)4-10-11-7;1-7-3-5-8(2,9)6-4-7;;/h3-5,12-15,17,30H,6-11H2,1-2H3,(H,25,29);2-4,7-10H,5-6H2,1H3,(H,18,20)(H,19,22);1-3,6H,4-5H2,(H,11,12);2-4H,9H2,1H3,(H,10,11);7,9H,3-6H2,1-2H3;2*1H4. The molecule has 5 aliphatic rings. The number of carbonyl (C=O) groups is 3. The fraction of sp³-hybridized carbons (Fsp3) is 0.426. The molecule has 0 bridgehead atoms. The highest BCUT2D eigenvalue weighted by molar-refractivity contribution is 6.05. The number of nitrogens with two attached hydrogens (primary N) is 1. The fourth-order valence-electron chi connectivity index (χ4n) is 11.2. The number of hydrogen-bond acceptors (Lipinski definition) is 15. The van der Waals surface area contributed by atoms with Crippen LogP contribution in [-0.4, -0.2) is 95.8 Å². The van der Waals surface area contributed by atoms with Crippen LogP contribution in [-0.2, 0) is 0 Å². The van der Waals surface area contributed by atoms with E-state index < -0.39 is 23.4 Å². The zero-order valence-corrected chi connectivity index (χ0v) is 51.4. The van der Waals surface area contributed by atoms with Gasteiger partial charge < -0.3 is 61.5 Å². The van der Waals surface area contributed by atoms with Crippen molar-refractivity contribution in [2.45, 2.75) is 161 Å². The van der Waals surface area contributed by atoms with Crippen LogP contribution in [0.1, 0.15) is 198 Å². The number of rotatable bonds is 12. The van der Waals surface area contributed by atoms with E-state index in [1.807, 2.05) is 42.9 Å². The summed E-state index contributed by atoms with van der Waals surface area (Å²) >= 11 is 0. The molecular weight excluding hydrogens is 1180 g/mol. The van der Waals surface area contributed by atoms with Gasteiger partial charge in [-0.1, -0.05) is 21.8 Å². The summed E-state index contributed by atoms with van der Waals surface area (Å²) in [7, 11) is 4.65. The van der Waals surface area contributed by atoms with Crippen molar-refractivity contribution >= 4 is 67.6 Å². The van der Waals surface area contributed by atoms with Crippen molar-refractivity contribution in [2.75, 3.05) is 37.7 Å². The Balaban J connectivity index is 0.000000159. The van der Waals surface area contributed by atoms with Gasteiger partial charge in [0, 0.05) is 94.7 Å². The topological polar surface area (TPSA) is 346 Å². The fourth-order valence-corrected chi connectivity index (χ4v) is 11.2. The Morgan fingerprint density at radius 2 is 0.989 bits per heavy atom. The summed E-state index contributed by atoms with van der Waals surface area (Å²) in [6.07, 6.45) is 18.9. The molecule has 0 aliphatic heterocycles. The number of aliphatic hydroxyl groups is 2. The predicted molar refractivity (Wildman–Crippen MR) is 351 cm³/mol. The largest absolute Gasteiger partial charge is 0.618 e. The smallest absolute Gasteiger partial charge is 0.402 e. The second kappa shape index (κ2) is 29.2. The summed E-state index contributed by atoms with van der Waals surface area (Å²) in [5, 5.41) is 91.4. The molecule has 24 nitrogen and oxygen atoms in total. The maximum Gasteiger partial charge on any atom is 0.402 e. The Labute approximate surface area is 534 Å². The molecule has 9 aromatic rings. The van der Waals surface area contributed by atoms with Crippen LogP contribution in [0.2, 0.25) is 0 Å². The van der Waals surface area contributed by atoms with Crippen molar-refractivity contribution in [3.8, 4) is 17.2 Å². The lowest BCUT2D eigenvalue weighted by atomic mass is 9.81. The Morgan fingerprint density at radius 3 is 1.42 bits per heavy atom. The van der Waals surface area contributed by atoms with Gasteiger partial charge in [-0.25, -0.2) is 4.79 Å². The molecule has 0 unspecified atom stereocenters. The lowest BCUT2D eigenvalue weighted by Crippen LogP contribution is -2.40. The minimum atomic E-state index is -1.17. The number of benzene rings is 3. The third-order valence-corrected chi connectivity index (χ3v) is 17.2. The van der Waals surface area contributed by atoms with E-state index in [-0.39, 0.29) is 61.3 Å². The molecule has 24 heteroatoms. The normalized spacial score (nSPS) is 19.7. The summed E-state index contributed by atoms with van der Waals surface area (Å²) < 4.78 is 19.8. The van der Waals surface area contributed by atoms with Crippen LogP contribution in [0.25, 0.3) is 32.7 Å². The molecule has 5 fully saturated rings. The van der Waals surface area contributed by atoms with Crippen molar-refractivity contribution in [3.63, 3.8) is 0 Å². The molecule has 0 spiro atoms. The molecule has 9 N–H and O–H groups in total. The monoisotopic (exact) mass is 1260 g/mol. The van der Waals surface area contributed by atoms with Crippen LogP contribution >= 0.6 is 0 Å². The quantitative estimate of drug-likeness (QED) is 0.0320. The molecule has 92 heavy (non-hydrogen) atoms. The number of fused-ring (bicyclic) bond motifs is 3.